The van der Waals surface area contributed by atoms with Gasteiger partial charge in [0.05, 0.1) is 7.11 Å². The zero-order chi connectivity index (χ0) is 14.9. The third kappa shape index (κ3) is 2.34. The lowest BCUT2D eigenvalue weighted by Crippen LogP contribution is -2.52. The summed E-state index contributed by atoms with van der Waals surface area (Å²) < 4.78 is 6.68. The SMILES string of the molecule is CCc1nc(C(=O)OC)c(N)n1N1C(C)CCCC1C. The number of methoxy groups -OCH3 is 1. The molecule has 2 rings (SSSR count). The van der Waals surface area contributed by atoms with Crippen LogP contribution in [0.15, 0.2) is 0 Å². The van der Waals surface area contributed by atoms with Gasteiger partial charge in [-0.1, -0.05) is 6.92 Å². The van der Waals surface area contributed by atoms with E-state index in [1.54, 1.807) is 0 Å². The molecule has 1 fully saturated rings. The first-order valence-corrected chi connectivity index (χ1v) is 7.25. The highest BCUT2D eigenvalue weighted by atomic mass is 16.5. The predicted octanol–water partition coefficient (Wildman–Crippen LogP) is 1.71. The van der Waals surface area contributed by atoms with Gasteiger partial charge in [-0.2, -0.15) is 0 Å². The Balaban J connectivity index is 2.49. The Morgan fingerprint density at radius 2 is 2.00 bits per heavy atom. The number of nitrogens with zero attached hydrogens (tertiary/aromatic N) is 3. The highest BCUT2D eigenvalue weighted by Crippen LogP contribution is 2.26. The maximum atomic E-state index is 11.8. The van der Waals surface area contributed by atoms with E-state index in [0.717, 1.165) is 25.1 Å². The van der Waals surface area contributed by atoms with Gasteiger partial charge in [-0.05, 0) is 33.1 Å². The smallest absolute Gasteiger partial charge is 0.360 e. The number of carbonyl (C=O) groups is 1. The monoisotopic (exact) mass is 280 g/mol. The summed E-state index contributed by atoms with van der Waals surface area (Å²) in [4.78, 5) is 16.1. The van der Waals surface area contributed by atoms with E-state index in [1.807, 2.05) is 11.6 Å². The van der Waals surface area contributed by atoms with Crippen molar-refractivity contribution in [1.29, 1.82) is 0 Å². The third-order valence-electron chi connectivity index (χ3n) is 4.03. The van der Waals surface area contributed by atoms with Crippen molar-refractivity contribution in [3.05, 3.63) is 11.5 Å². The number of esters is 1. The zero-order valence-corrected chi connectivity index (χ0v) is 12.7. The molecule has 6 heteroatoms. The Bertz CT molecular complexity index is 488. The highest BCUT2D eigenvalue weighted by molar-refractivity contribution is 5.92. The van der Waals surface area contributed by atoms with Crippen molar-refractivity contribution >= 4 is 11.8 Å². The Morgan fingerprint density at radius 3 is 2.50 bits per heavy atom. The standard InChI is InChI=1S/C14H24N4O2/c1-5-11-16-12(14(19)20-4)13(15)18(11)17-9(2)7-6-8-10(17)3/h9-10H,5-8,15H2,1-4H3. The van der Waals surface area contributed by atoms with Crippen LogP contribution in [0.3, 0.4) is 0 Å². The van der Waals surface area contributed by atoms with Gasteiger partial charge in [0, 0.05) is 18.5 Å². The number of anilines is 1. The van der Waals surface area contributed by atoms with E-state index in [9.17, 15) is 4.79 Å². The third-order valence-corrected chi connectivity index (χ3v) is 4.03. The summed E-state index contributed by atoms with van der Waals surface area (Å²) in [6.45, 7) is 6.39. The number of rotatable bonds is 3. The van der Waals surface area contributed by atoms with Crippen molar-refractivity contribution < 1.29 is 9.53 Å². The van der Waals surface area contributed by atoms with Gasteiger partial charge < -0.3 is 15.5 Å². The Morgan fingerprint density at radius 1 is 1.40 bits per heavy atom. The first-order chi connectivity index (χ1) is 9.51. The molecule has 2 N–H and O–H groups in total. The van der Waals surface area contributed by atoms with E-state index in [-0.39, 0.29) is 5.69 Å². The second kappa shape index (κ2) is 5.73. The minimum Gasteiger partial charge on any atom is -0.464 e. The fourth-order valence-electron chi connectivity index (χ4n) is 3.01. The first kappa shape index (κ1) is 14.7. The highest BCUT2D eigenvalue weighted by Gasteiger charge is 2.30. The normalized spacial score (nSPS) is 22.9. The fraction of sp³-hybridized carbons (Fsp3) is 0.714. The molecule has 0 aromatic carbocycles. The van der Waals surface area contributed by atoms with Crippen molar-refractivity contribution in [3.63, 3.8) is 0 Å². The molecule has 2 heterocycles. The van der Waals surface area contributed by atoms with Gasteiger partial charge in [-0.15, -0.1) is 0 Å². The second-order valence-corrected chi connectivity index (χ2v) is 5.43. The molecule has 0 radical (unpaired) electrons. The van der Waals surface area contributed by atoms with Gasteiger partial charge in [-0.25, -0.2) is 14.5 Å². The van der Waals surface area contributed by atoms with Crippen molar-refractivity contribution in [1.82, 2.24) is 9.66 Å². The molecule has 112 valence electrons. The molecule has 0 aliphatic carbocycles. The van der Waals surface area contributed by atoms with E-state index >= 15 is 0 Å². The van der Waals surface area contributed by atoms with Gasteiger partial charge in [0.15, 0.2) is 11.5 Å². The van der Waals surface area contributed by atoms with E-state index < -0.39 is 5.97 Å². The molecule has 0 amide bonds. The molecule has 1 aromatic rings. The number of nitrogens with two attached hydrogens (primary N) is 1. The molecule has 2 unspecified atom stereocenters. The molecule has 20 heavy (non-hydrogen) atoms. The molecule has 1 aromatic heterocycles. The molecule has 0 bridgehead atoms. The van der Waals surface area contributed by atoms with Crippen LogP contribution in [0.2, 0.25) is 0 Å². The van der Waals surface area contributed by atoms with Crippen LogP contribution in [0.5, 0.6) is 0 Å². The summed E-state index contributed by atoms with van der Waals surface area (Å²) in [5.41, 5.74) is 6.39. The van der Waals surface area contributed by atoms with Crippen LogP contribution in [0.4, 0.5) is 5.82 Å². The molecule has 6 nitrogen and oxygen atoms in total. The van der Waals surface area contributed by atoms with Gasteiger partial charge in [-0.3, -0.25) is 0 Å². The topological polar surface area (TPSA) is 73.4 Å². The summed E-state index contributed by atoms with van der Waals surface area (Å²) in [5.74, 6) is 0.714. The van der Waals surface area contributed by atoms with Gasteiger partial charge in [0.2, 0.25) is 0 Å². The van der Waals surface area contributed by atoms with Crippen LogP contribution in [0.1, 0.15) is 56.3 Å². The van der Waals surface area contributed by atoms with E-state index in [0.29, 0.717) is 17.9 Å². The lowest BCUT2D eigenvalue weighted by atomic mass is 10.00. The summed E-state index contributed by atoms with van der Waals surface area (Å²) in [7, 11) is 1.35. The maximum Gasteiger partial charge on any atom is 0.360 e. The first-order valence-electron chi connectivity index (χ1n) is 7.25. The number of imidazole rings is 1. The average Bonchev–Trinajstić information content (AvgIpc) is 2.75. The summed E-state index contributed by atoms with van der Waals surface area (Å²) in [5, 5.41) is 2.25. The van der Waals surface area contributed by atoms with Crippen molar-refractivity contribution in [2.24, 2.45) is 0 Å². The maximum absolute atomic E-state index is 11.8. The van der Waals surface area contributed by atoms with Crippen LogP contribution < -0.4 is 10.7 Å². The van der Waals surface area contributed by atoms with Crippen molar-refractivity contribution in [2.75, 3.05) is 17.9 Å². The Hall–Kier alpha value is -1.72. The van der Waals surface area contributed by atoms with Crippen LogP contribution in [0.25, 0.3) is 0 Å². The Labute approximate surface area is 119 Å². The Kier molecular flexibility index (Phi) is 4.20. The quantitative estimate of drug-likeness (QED) is 0.853. The van der Waals surface area contributed by atoms with Gasteiger partial charge in [0.25, 0.3) is 0 Å². The second-order valence-electron chi connectivity index (χ2n) is 5.43. The molecular weight excluding hydrogens is 256 g/mol. The summed E-state index contributed by atoms with van der Waals surface area (Å²) >= 11 is 0. The van der Waals surface area contributed by atoms with Crippen molar-refractivity contribution in [2.45, 2.75) is 58.5 Å². The molecule has 0 saturated carbocycles. The van der Waals surface area contributed by atoms with Crippen LogP contribution >= 0.6 is 0 Å². The van der Waals surface area contributed by atoms with Crippen molar-refractivity contribution in [3.8, 4) is 0 Å². The van der Waals surface area contributed by atoms with Gasteiger partial charge >= 0.3 is 5.97 Å². The number of aromatic nitrogens is 2. The van der Waals surface area contributed by atoms with E-state index in [2.05, 4.69) is 23.8 Å². The van der Waals surface area contributed by atoms with Gasteiger partial charge in [0.1, 0.15) is 5.82 Å². The predicted molar refractivity (Wildman–Crippen MR) is 78.3 cm³/mol. The number of hydrogen-bond donors (Lipinski definition) is 1. The zero-order valence-electron chi connectivity index (χ0n) is 12.7. The van der Waals surface area contributed by atoms with Crippen LogP contribution in [-0.4, -0.2) is 34.8 Å². The minimum atomic E-state index is -0.478. The fourth-order valence-corrected chi connectivity index (χ4v) is 3.01. The largest absolute Gasteiger partial charge is 0.464 e. The van der Waals surface area contributed by atoms with E-state index in [4.69, 9.17) is 10.5 Å². The number of aryl methyl sites for hydroxylation is 1. The van der Waals surface area contributed by atoms with E-state index in [1.165, 1.54) is 13.5 Å². The molecule has 1 aliphatic heterocycles. The average molecular weight is 280 g/mol. The molecule has 1 aliphatic rings. The number of nitrogen functional groups attached to an aromatic ring is 1. The summed E-state index contributed by atoms with van der Waals surface area (Å²) in [6.07, 6.45) is 4.19. The van der Waals surface area contributed by atoms with Crippen LogP contribution in [0, 0.1) is 0 Å². The number of hydrogen-bond acceptors (Lipinski definition) is 5. The molecule has 0 spiro atoms. The lowest BCUT2D eigenvalue weighted by Gasteiger charge is -2.42. The lowest BCUT2D eigenvalue weighted by molar-refractivity contribution is 0.0595. The minimum absolute atomic E-state index is 0.217. The molecule has 2 atom stereocenters. The number of ether oxygens (including phenoxy) is 1. The summed E-state index contributed by atoms with van der Waals surface area (Å²) in [6, 6.07) is 0.761. The van der Waals surface area contributed by atoms with Crippen LogP contribution in [-0.2, 0) is 11.2 Å². The molecule has 1 saturated heterocycles. The molecular formula is C14H24N4O2. The number of carbonyl (C=O) groups excluding carboxylic acids is 1. The number of piperidine rings is 1.